The Morgan fingerprint density at radius 3 is 3.06 bits per heavy atom. The highest BCUT2D eigenvalue weighted by Crippen LogP contribution is 2.24. The average Bonchev–Trinajstić information content (AvgIpc) is 2.32. The maximum atomic E-state index is 5.84. The van der Waals surface area contributed by atoms with Crippen molar-refractivity contribution in [1.82, 2.24) is 15.5 Å². The number of rotatable bonds is 3. The highest BCUT2D eigenvalue weighted by atomic mass is 35.5. The highest BCUT2D eigenvalue weighted by Gasteiger charge is 2.14. The molecule has 16 heavy (non-hydrogen) atoms. The van der Waals surface area contributed by atoms with Crippen LogP contribution >= 0.6 is 23.2 Å². The van der Waals surface area contributed by atoms with Gasteiger partial charge < -0.3 is 10.1 Å². The molecule has 1 saturated heterocycles. The summed E-state index contributed by atoms with van der Waals surface area (Å²) in [5, 5.41) is 11.2. The van der Waals surface area contributed by atoms with Crippen LogP contribution in [-0.2, 0) is 0 Å². The molecule has 1 unspecified atom stereocenters. The van der Waals surface area contributed by atoms with E-state index in [0.29, 0.717) is 23.4 Å². The monoisotopic (exact) mass is 261 g/mol. The highest BCUT2D eigenvalue weighted by molar-refractivity contribution is 6.32. The van der Waals surface area contributed by atoms with Gasteiger partial charge in [-0.25, -0.2) is 0 Å². The van der Waals surface area contributed by atoms with Crippen molar-refractivity contribution < 1.29 is 4.74 Å². The summed E-state index contributed by atoms with van der Waals surface area (Å²) in [4.78, 5) is 0. The third-order valence-electron chi connectivity index (χ3n) is 2.56. The fourth-order valence-electron chi connectivity index (χ4n) is 1.71. The van der Waals surface area contributed by atoms with E-state index in [9.17, 15) is 0 Å². The maximum absolute atomic E-state index is 5.84. The van der Waals surface area contributed by atoms with E-state index < -0.39 is 0 Å². The molecule has 0 amide bonds. The number of nitrogens with zero attached hydrogens (tertiary/aromatic N) is 2. The van der Waals surface area contributed by atoms with Crippen LogP contribution < -0.4 is 10.1 Å². The fraction of sp³-hybridized carbons (Fsp3) is 0.600. The second kappa shape index (κ2) is 5.66. The third-order valence-corrected chi connectivity index (χ3v) is 3.01. The lowest BCUT2D eigenvalue weighted by Gasteiger charge is -2.22. The maximum Gasteiger partial charge on any atom is 0.193 e. The number of ether oxygens (including phenoxy) is 1. The molecular weight excluding hydrogens is 249 g/mol. The van der Waals surface area contributed by atoms with Gasteiger partial charge in [-0.3, -0.25) is 0 Å². The van der Waals surface area contributed by atoms with Crippen LogP contribution in [0.1, 0.15) is 12.8 Å². The summed E-state index contributed by atoms with van der Waals surface area (Å²) >= 11 is 11.6. The molecule has 0 aromatic carbocycles. The molecule has 2 heterocycles. The van der Waals surface area contributed by atoms with Gasteiger partial charge in [-0.2, -0.15) is 0 Å². The lowest BCUT2D eigenvalue weighted by Crippen LogP contribution is -2.33. The topological polar surface area (TPSA) is 47.0 Å². The molecule has 88 valence electrons. The van der Waals surface area contributed by atoms with Crippen LogP contribution in [0.25, 0.3) is 0 Å². The SMILES string of the molecule is Clc1cc(OCC2CCCNC2)c(Cl)nn1. The van der Waals surface area contributed by atoms with Gasteiger partial charge in [-0.05, 0) is 19.4 Å². The van der Waals surface area contributed by atoms with Crippen molar-refractivity contribution in [1.29, 1.82) is 0 Å². The summed E-state index contributed by atoms with van der Waals surface area (Å²) in [6.07, 6.45) is 2.37. The Labute approximate surface area is 104 Å². The molecule has 6 heteroatoms. The summed E-state index contributed by atoms with van der Waals surface area (Å²) in [6.45, 7) is 2.72. The van der Waals surface area contributed by atoms with E-state index in [1.807, 2.05) is 0 Å². The summed E-state index contributed by atoms with van der Waals surface area (Å²) in [7, 11) is 0. The average molecular weight is 262 g/mol. The first-order chi connectivity index (χ1) is 7.75. The molecule has 1 atom stereocenters. The van der Waals surface area contributed by atoms with Crippen LogP contribution in [-0.4, -0.2) is 29.9 Å². The van der Waals surface area contributed by atoms with Crippen molar-refractivity contribution in [2.24, 2.45) is 5.92 Å². The van der Waals surface area contributed by atoms with Gasteiger partial charge in [-0.15, -0.1) is 10.2 Å². The van der Waals surface area contributed by atoms with Gasteiger partial charge in [0.15, 0.2) is 16.1 Å². The standard InChI is InChI=1S/C10H13Cl2N3O/c11-9-4-8(10(12)15-14-9)16-6-7-2-1-3-13-5-7/h4,7,13H,1-3,5-6H2. The fourth-order valence-corrected chi connectivity index (χ4v) is 2.00. The van der Waals surface area contributed by atoms with E-state index in [2.05, 4.69) is 15.5 Å². The summed E-state index contributed by atoms with van der Waals surface area (Å²) < 4.78 is 5.60. The van der Waals surface area contributed by atoms with E-state index in [0.717, 1.165) is 13.1 Å². The first-order valence-electron chi connectivity index (χ1n) is 5.28. The van der Waals surface area contributed by atoms with Gasteiger partial charge in [0.2, 0.25) is 0 Å². The Morgan fingerprint density at radius 1 is 1.44 bits per heavy atom. The van der Waals surface area contributed by atoms with Crippen LogP contribution in [0.4, 0.5) is 0 Å². The lowest BCUT2D eigenvalue weighted by atomic mass is 10.0. The quantitative estimate of drug-likeness (QED) is 0.906. The predicted octanol–water partition coefficient (Wildman–Crippen LogP) is 2.16. The zero-order chi connectivity index (χ0) is 11.4. The van der Waals surface area contributed by atoms with Crippen LogP contribution in [0.5, 0.6) is 5.75 Å². The predicted molar refractivity (Wildman–Crippen MR) is 63.1 cm³/mol. The largest absolute Gasteiger partial charge is 0.490 e. The van der Waals surface area contributed by atoms with E-state index in [4.69, 9.17) is 27.9 Å². The number of aromatic nitrogens is 2. The van der Waals surface area contributed by atoms with Crippen molar-refractivity contribution in [2.75, 3.05) is 19.7 Å². The zero-order valence-electron chi connectivity index (χ0n) is 8.75. The van der Waals surface area contributed by atoms with Crippen molar-refractivity contribution >= 4 is 23.2 Å². The molecule has 0 saturated carbocycles. The molecule has 0 bridgehead atoms. The summed E-state index contributed by atoms with van der Waals surface area (Å²) in [6, 6.07) is 1.59. The van der Waals surface area contributed by atoms with Crippen molar-refractivity contribution in [2.45, 2.75) is 12.8 Å². The molecule has 4 nitrogen and oxygen atoms in total. The molecule has 1 aliphatic rings. The van der Waals surface area contributed by atoms with E-state index in [1.54, 1.807) is 6.07 Å². The molecule has 0 aliphatic carbocycles. The number of hydrogen-bond acceptors (Lipinski definition) is 4. The molecule has 1 aromatic heterocycles. The first-order valence-corrected chi connectivity index (χ1v) is 6.03. The number of nitrogens with one attached hydrogen (secondary N) is 1. The number of hydrogen-bond donors (Lipinski definition) is 1. The van der Waals surface area contributed by atoms with Crippen LogP contribution in [0.3, 0.4) is 0 Å². The molecule has 1 N–H and O–H groups in total. The van der Waals surface area contributed by atoms with Gasteiger partial charge in [0.25, 0.3) is 0 Å². The Balaban J connectivity index is 1.90. The van der Waals surface area contributed by atoms with Gasteiger partial charge >= 0.3 is 0 Å². The molecule has 1 fully saturated rings. The molecule has 0 radical (unpaired) electrons. The lowest BCUT2D eigenvalue weighted by molar-refractivity contribution is 0.217. The Hall–Kier alpha value is -0.580. The minimum Gasteiger partial charge on any atom is -0.490 e. The van der Waals surface area contributed by atoms with Crippen LogP contribution in [0.2, 0.25) is 10.3 Å². The summed E-state index contributed by atoms with van der Waals surface area (Å²) in [5.74, 6) is 1.03. The molecule has 1 aromatic rings. The van der Waals surface area contributed by atoms with E-state index in [1.165, 1.54) is 12.8 Å². The zero-order valence-corrected chi connectivity index (χ0v) is 10.3. The first kappa shape index (κ1) is 11.9. The Bertz CT molecular complexity index is 356. The van der Waals surface area contributed by atoms with Gasteiger partial charge in [0.05, 0.1) is 6.61 Å². The van der Waals surface area contributed by atoms with Gasteiger partial charge in [0.1, 0.15) is 0 Å². The van der Waals surface area contributed by atoms with Crippen LogP contribution in [0.15, 0.2) is 6.07 Å². The van der Waals surface area contributed by atoms with E-state index in [-0.39, 0.29) is 5.15 Å². The second-order valence-electron chi connectivity index (χ2n) is 3.85. The van der Waals surface area contributed by atoms with Crippen molar-refractivity contribution in [3.8, 4) is 5.75 Å². The third kappa shape index (κ3) is 3.20. The van der Waals surface area contributed by atoms with Crippen molar-refractivity contribution in [3.63, 3.8) is 0 Å². The molecule has 1 aliphatic heterocycles. The normalized spacial score (nSPS) is 20.8. The Kier molecular flexibility index (Phi) is 4.21. The van der Waals surface area contributed by atoms with Gasteiger partial charge in [-0.1, -0.05) is 23.2 Å². The summed E-state index contributed by atoms with van der Waals surface area (Å²) in [5.41, 5.74) is 0. The van der Waals surface area contributed by atoms with Crippen LogP contribution in [0, 0.1) is 5.92 Å². The molecule has 0 spiro atoms. The molecular formula is C10H13Cl2N3O. The van der Waals surface area contributed by atoms with Gasteiger partial charge in [0, 0.05) is 18.5 Å². The number of halogens is 2. The Morgan fingerprint density at radius 2 is 2.31 bits per heavy atom. The minimum absolute atomic E-state index is 0.258. The van der Waals surface area contributed by atoms with E-state index >= 15 is 0 Å². The minimum atomic E-state index is 0.258. The number of piperidine rings is 1. The molecule has 2 rings (SSSR count). The van der Waals surface area contributed by atoms with Crippen molar-refractivity contribution in [3.05, 3.63) is 16.4 Å². The second-order valence-corrected chi connectivity index (χ2v) is 4.59. The smallest absolute Gasteiger partial charge is 0.193 e.